The van der Waals surface area contributed by atoms with E-state index in [1.807, 2.05) is 37.4 Å². The Labute approximate surface area is 136 Å². The van der Waals surface area contributed by atoms with Crippen molar-refractivity contribution >= 4 is 22.4 Å². The van der Waals surface area contributed by atoms with E-state index in [0.717, 1.165) is 46.6 Å². The van der Waals surface area contributed by atoms with Crippen molar-refractivity contribution in [3.05, 3.63) is 48.7 Å². The van der Waals surface area contributed by atoms with Gasteiger partial charge in [0.05, 0.1) is 11.2 Å². The first-order chi connectivity index (χ1) is 11.3. The maximum Gasteiger partial charge on any atom is 0.136 e. The van der Waals surface area contributed by atoms with Gasteiger partial charge in [-0.1, -0.05) is 12.1 Å². The van der Waals surface area contributed by atoms with Crippen LogP contribution in [0.15, 0.2) is 48.7 Å². The molecule has 0 aliphatic heterocycles. The number of hydrogen-bond acceptors (Lipinski definition) is 5. The van der Waals surface area contributed by atoms with Gasteiger partial charge < -0.3 is 16.4 Å². The number of aromatic nitrogens is 2. The molecule has 0 fully saturated rings. The van der Waals surface area contributed by atoms with Crippen LogP contribution in [0.3, 0.4) is 0 Å². The largest absolute Gasteiger partial charge is 0.388 e. The molecule has 1 aromatic carbocycles. The minimum absolute atomic E-state index is 0.661. The standard InChI is InChI=1S/C18H21N5/c1-20-14-7-5-13(6-8-14)16-12-17-15(4-2-10-21-17)18(23-16)22-11-3-9-19/h2,4-8,10,12,20H,3,9,11,19H2,1H3,(H,22,23). The monoisotopic (exact) mass is 307 g/mol. The zero-order valence-electron chi connectivity index (χ0n) is 13.2. The molecule has 0 bridgehead atoms. The van der Waals surface area contributed by atoms with Crippen LogP contribution in [-0.4, -0.2) is 30.1 Å². The van der Waals surface area contributed by atoms with Crippen LogP contribution in [0.4, 0.5) is 11.5 Å². The van der Waals surface area contributed by atoms with E-state index in [1.54, 1.807) is 6.20 Å². The smallest absolute Gasteiger partial charge is 0.136 e. The molecular weight excluding hydrogens is 286 g/mol. The van der Waals surface area contributed by atoms with E-state index < -0.39 is 0 Å². The van der Waals surface area contributed by atoms with E-state index in [9.17, 15) is 0 Å². The number of benzene rings is 1. The van der Waals surface area contributed by atoms with Crippen LogP contribution in [0.5, 0.6) is 0 Å². The molecule has 5 nitrogen and oxygen atoms in total. The van der Waals surface area contributed by atoms with E-state index in [4.69, 9.17) is 10.7 Å². The van der Waals surface area contributed by atoms with Crippen molar-refractivity contribution < 1.29 is 0 Å². The summed E-state index contributed by atoms with van der Waals surface area (Å²) in [6, 6.07) is 14.2. The van der Waals surface area contributed by atoms with Crippen molar-refractivity contribution in [2.75, 3.05) is 30.8 Å². The summed E-state index contributed by atoms with van der Waals surface area (Å²) in [7, 11) is 1.91. The topological polar surface area (TPSA) is 75.9 Å². The van der Waals surface area contributed by atoms with Crippen LogP contribution >= 0.6 is 0 Å². The van der Waals surface area contributed by atoms with E-state index in [0.29, 0.717) is 6.54 Å². The molecule has 5 heteroatoms. The molecule has 0 amide bonds. The summed E-state index contributed by atoms with van der Waals surface area (Å²) in [4.78, 5) is 9.26. The minimum atomic E-state index is 0.661. The second kappa shape index (κ2) is 7.07. The maximum atomic E-state index is 5.57. The Bertz CT molecular complexity index is 783. The number of pyridine rings is 2. The van der Waals surface area contributed by atoms with Crippen LogP contribution in [0.25, 0.3) is 22.2 Å². The third kappa shape index (κ3) is 3.40. The molecule has 2 aromatic heterocycles. The van der Waals surface area contributed by atoms with Gasteiger partial charge in [-0.2, -0.15) is 0 Å². The van der Waals surface area contributed by atoms with Gasteiger partial charge in [-0.3, -0.25) is 4.98 Å². The SMILES string of the molecule is CNc1ccc(-c2cc3ncccc3c(NCCCN)n2)cc1. The zero-order chi connectivity index (χ0) is 16.1. The average Bonchev–Trinajstić information content (AvgIpc) is 2.62. The third-order valence-corrected chi connectivity index (χ3v) is 3.74. The number of hydrogen-bond donors (Lipinski definition) is 3. The number of nitrogens with zero attached hydrogens (tertiary/aromatic N) is 2. The highest BCUT2D eigenvalue weighted by Gasteiger charge is 2.08. The molecule has 3 rings (SSSR count). The first-order valence-electron chi connectivity index (χ1n) is 7.79. The maximum absolute atomic E-state index is 5.57. The predicted molar refractivity (Wildman–Crippen MR) is 96.7 cm³/mol. The third-order valence-electron chi connectivity index (χ3n) is 3.74. The lowest BCUT2D eigenvalue weighted by Gasteiger charge is -2.11. The Kier molecular flexibility index (Phi) is 4.68. The second-order valence-electron chi connectivity index (χ2n) is 5.32. The molecule has 0 radical (unpaired) electrons. The van der Waals surface area contributed by atoms with Gasteiger partial charge in [0, 0.05) is 36.4 Å². The van der Waals surface area contributed by atoms with Crippen molar-refractivity contribution in [3.63, 3.8) is 0 Å². The van der Waals surface area contributed by atoms with Gasteiger partial charge in [0.1, 0.15) is 5.82 Å². The highest BCUT2D eigenvalue weighted by molar-refractivity contribution is 5.92. The number of nitrogens with two attached hydrogens (primary N) is 1. The highest BCUT2D eigenvalue weighted by atomic mass is 15.0. The quantitative estimate of drug-likeness (QED) is 0.610. The fraction of sp³-hybridized carbons (Fsp3) is 0.222. The molecule has 0 aliphatic rings. The lowest BCUT2D eigenvalue weighted by Crippen LogP contribution is -2.10. The number of rotatable bonds is 6. The molecule has 0 spiro atoms. The summed E-state index contributed by atoms with van der Waals surface area (Å²) in [6.45, 7) is 1.46. The predicted octanol–water partition coefficient (Wildman–Crippen LogP) is 3.10. The number of nitrogens with one attached hydrogen (secondary N) is 2. The molecule has 3 aromatic rings. The molecule has 4 N–H and O–H groups in total. The van der Waals surface area contributed by atoms with Crippen molar-refractivity contribution in [2.45, 2.75) is 6.42 Å². The Morgan fingerprint density at radius 3 is 2.70 bits per heavy atom. The Hall–Kier alpha value is -2.66. The summed E-state index contributed by atoms with van der Waals surface area (Å²) >= 11 is 0. The molecular formula is C18H21N5. The fourth-order valence-corrected chi connectivity index (χ4v) is 2.47. The first kappa shape index (κ1) is 15.2. The summed E-state index contributed by atoms with van der Waals surface area (Å²) < 4.78 is 0. The van der Waals surface area contributed by atoms with Crippen LogP contribution in [-0.2, 0) is 0 Å². The summed E-state index contributed by atoms with van der Waals surface area (Å²) in [5, 5.41) is 7.53. The van der Waals surface area contributed by atoms with Gasteiger partial charge >= 0.3 is 0 Å². The Morgan fingerprint density at radius 2 is 1.96 bits per heavy atom. The van der Waals surface area contributed by atoms with Gasteiger partial charge in [0.25, 0.3) is 0 Å². The summed E-state index contributed by atoms with van der Waals surface area (Å²) in [5.74, 6) is 0.858. The number of fused-ring (bicyclic) bond motifs is 1. The van der Waals surface area contributed by atoms with Gasteiger partial charge in [-0.05, 0) is 43.3 Å². The van der Waals surface area contributed by atoms with Crippen LogP contribution in [0, 0.1) is 0 Å². The Balaban J connectivity index is 2.02. The lowest BCUT2D eigenvalue weighted by atomic mass is 10.1. The molecule has 0 atom stereocenters. The Morgan fingerprint density at radius 1 is 1.13 bits per heavy atom. The van der Waals surface area contributed by atoms with Crippen molar-refractivity contribution in [2.24, 2.45) is 5.73 Å². The second-order valence-corrected chi connectivity index (χ2v) is 5.32. The molecule has 2 heterocycles. The summed E-state index contributed by atoms with van der Waals surface area (Å²) in [6.07, 6.45) is 2.71. The van der Waals surface area contributed by atoms with Crippen molar-refractivity contribution in [3.8, 4) is 11.3 Å². The molecule has 118 valence electrons. The van der Waals surface area contributed by atoms with E-state index in [-0.39, 0.29) is 0 Å². The normalized spacial score (nSPS) is 10.7. The van der Waals surface area contributed by atoms with E-state index >= 15 is 0 Å². The van der Waals surface area contributed by atoms with E-state index in [1.165, 1.54) is 0 Å². The zero-order valence-corrected chi connectivity index (χ0v) is 13.2. The molecule has 0 saturated carbocycles. The molecule has 0 aliphatic carbocycles. The van der Waals surface area contributed by atoms with E-state index in [2.05, 4.69) is 27.8 Å². The van der Waals surface area contributed by atoms with Gasteiger partial charge in [0.15, 0.2) is 0 Å². The van der Waals surface area contributed by atoms with Crippen LogP contribution < -0.4 is 16.4 Å². The number of anilines is 2. The van der Waals surface area contributed by atoms with Gasteiger partial charge in [-0.25, -0.2) is 4.98 Å². The average molecular weight is 307 g/mol. The minimum Gasteiger partial charge on any atom is -0.388 e. The first-order valence-corrected chi connectivity index (χ1v) is 7.79. The highest BCUT2D eigenvalue weighted by Crippen LogP contribution is 2.27. The summed E-state index contributed by atoms with van der Waals surface area (Å²) in [5.41, 5.74) is 9.57. The van der Waals surface area contributed by atoms with Crippen molar-refractivity contribution in [1.29, 1.82) is 0 Å². The lowest BCUT2D eigenvalue weighted by molar-refractivity contribution is 0.871. The fourth-order valence-electron chi connectivity index (χ4n) is 2.47. The molecule has 0 unspecified atom stereocenters. The van der Waals surface area contributed by atoms with Crippen LogP contribution in [0.1, 0.15) is 6.42 Å². The van der Waals surface area contributed by atoms with Crippen LogP contribution in [0.2, 0.25) is 0 Å². The van der Waals surface area contributed by atoms with Gasteiger partial charge in [0.2, 0.25) is 0 Å². The van der Waals surface area contributed by atoms with Crippen molar-refractivity contribution in [1.82, 2.24) is 9.97 Å². The molecule has 0 saturated heterocycles. The molecule has 23 heavy (non-hydrogen) atoms. The van der Waals surface area contributed by atoms with Gasteiger partial charge in [-0.15, -0.1) is 0 Å².